The molecule has 0 aliphatic rings. The Morgan fingerprint density at radius 1 is 1.37 bits per heavy atom. The van der Waals surface area contributed by atoms with Crippen LogP contribution in [0.3, 0.4) is 0 Å². The largest absolute Gasteiger partial charge is 0.378 e. The fraction of sp³-hybridized carbons (Fsp3) is 0.154. The molecule has 0 amide bonds. The van der Waals surface area contributed by atoms with E-state index in [1.165, 1.54) is 0 Å². The molecule has 0 saturated carbocycles. The van der Waals surface area contributed by atoms with E-state index in [0.29, 0.717) is 11.6 Å². The lowest BCUT2D eigenvalue weighted by molar-refractivity contribution is 0.683. The summed E-state index contributed by atoms with van der Waals surface area (Å²) in [6, 6.07) is 7.67. The molecule has 0 atom stereocenters. The van der Waals surface area contributed by atoms with Crippen LogP contribution in [0.1, 0.15) is 5.69 Å². The highest BCUT2D eigenvalue weighted by molar-refractivity contribution is 6.31. The molecule has 0 aliphatic heterocycles. The quantitative estimate of drug-likeness (QED) is 0.797. The van der Waals surface area contributed by atoms with Crippen LogP contribution in [0.2, 0.25) is 5.02 Å². The van der Waals surface area contributed by atoms with Crippen LogP contribution < -0.4 is 5.32 Å². The Hall–Kier alpha value is -2.14. The molecule has 0 unspecified atom stereocenters. The number of hydrogen-bond donors (Lipinski definition) is 1. The Balaban J connectivity index is 1.94. The molecule has 0 spiro atoms. The van der Waals surface area contributed by atoms with Gasteiger partial charge in [0.2, 0.25) is 0 Å². The zero-order chi connectivity index (χ0) is 13.2. The van der Waals surface area contributed by atoms with E-state index in [2.05, 4.69) is 20.6 Å². The molecule has 2 aromatic heterocycles. The molecule has 6 heteroatoms. The van der Waals surface area contributed by atoms with Crippen molar-refractivity contribution in [2.24, 2.45) is 7.05 Å². The normalized spacial score (nSPS) is 10.8. The number of nitrogens with zero attached hydrogens (tertiary/aromatic N) is 4. The van der Waals surface area contributed by atoms with Crippen molar-refractivity contribution in [1.29, 1.82) is 0 Å². The number of halogens is 1. The van der Waals surface area contributed by atoms with Gasteiger partial charge in [0.05, 0.1) is 29.6 Å². The zero-order valence-electron chi connectivity index (χ0n) is 10.3. The van der Waals surface area contributed by atoms with Gasteiger partial charge in [0.25, 0.3) is 0 Å². The van der Waals surface area contributed by atoms with Gasteiger partial charge in [-0.1, -0.05) is 22.9 Å². The number of anilines is 1. The first-order chi connectivity index (χ1) is 9.24. The molecule has 1 aromatic carbocycles. The van der Waals surface area contributed by atoms with E-state index >= 15 is 0 Å². The maximum absolute atomic E-state index is 6.12. The Kier molecular flexibility index (Phi) is 3.05. The topological polar surface area (TPSA) is 55.6 Å². The van der Waals surface area contributed by atoms with Gasteiger partial charge in [-0.3, -0.25) is 9.67 Å². The fourth-order valence-electron chi connectivity index (χ4n) is 1.95. The minimum Gasteiger partial charge on any atom is -0.378 e. The van der Waals surface area contributed by atoms with Gasteiger partial charge in [-0.25, -0.2) is 0 Å². The minimum absolute atomic E-state index is 0.621. The predicted octanol–water partition coefficient (Wildman–Crippen LogP) is 2.63. The fourth-order valence-corrected chi connectivity index (χ4v) is 2.17. The summed E-state index contributed by atoms with van der Waals surface area (Å²) in [5.41, 5.74) is 2.80. The molecule has 3 rings (SSSR count). The third-order valence-corrected chi connectivity index (χ3v) is 3.16. The molecule has 0 saturated heterocycles. The van der Waals surface area contributed by atoms with Crippen molar-refractivity contribution in [3.8, 4) is 0 Å². The van der Waals surface area contributed by atoms with Crippen LogP contribution in [0.25, 0.3) is 10.9 Å². The van der Waals surface area contributed by atoms with Crippen LogP contribution >= 0.6 is 11.6 Å². The van der Waals surface area contributed by atoms with Crippen molar-refractivity contribution in [3.05, 3.63) is 47.4 Å². The summed E-state index contributed by atoms with van der Waals surface area (Å²) in [5.74, 6) is 0. The average molecular weight is 274 g/mol. The Labute approximate surface area is 115 Å². The standard InChI is InChI=1S/C13H12ClN5/c1-19-11(8-17-18-19)7-16-12-6-10(14)5-9-3-2-4-15-13(9)12/h2-6,8,16H,7H2,1H3. The SMILES string of the molecule is Cn1nncc1CNc1cc(Cl)cc2cccnc12. The molecular weight excluding hydrogens is 262 g/mol. The number of hydrogen-bond acceptors (Lipinski definition) is 4. The van der Waals surface area contributed by atoms with Crippen LogP contribution in [0.4, 0.5) is 5.69 Å². The third kappa shape index (κ3) is 2.37. The maximum Gasteiger partial charge on any atom is 0.0934 e. The summed E-state index contributed by atoms with van der Waals surface area (Å²) in [6.07, 6.45) is 3.50. The lowest BCUT2D eigenvalue weighted by Gasteiger charge is -2.09. The predicted molar refractivity (Wildman–Crippen MR) is 75.1 cm³/mol. The zero-order valence-corrected chi connectivity index (χ0v) is 11.1. The molecule has 0 bridgehead atoms. The molecular formula is C13H12ClN5. The Bertz CT molecular complexity index is 722. The van der Waals surface area contributed by atoms with Crippen LogP contribution in [-0.4, -0.2) is 20.0 Å². The van der Waals surface area contributed by atoms with Crippen molar-refractivity contribution < 1.29 is 0 Å². The number of benzene rings is 1. The Morgan fingerprint density at radius 2 is 2.26 bits per heavy atom. The van der Waals surface area contributed by atoms with E-state index in [0.717, 1.165) is 22.3 Å². The number of nitrogens with one attached hydrogen (secondary N) is 1. The van der Waals surface area contributed by atoms with Gasteiger partial charge in [0.15, 0.2) is 0 Å². The Morgan fingerprint density at radius 3 is 3.05 bits per heavy atom. The van der Waals surface area contributed by atoms with E-state index in [9.17, 15) is 0 Å². The monoisotopic (exact) mass is 273 g/mol. The molecule has 5 nitrogen and oxygen atoms in total. The first kappa shape index (κ1) is 11.9. The lowest BCUT2D eigenvalue weighted by atomic mass is 10.2. The minimum atomic E-state index is 0.621. The molecule has 96 valence electrons. The molecule has 1 N–H and O–H groups in total. The van der Waals surface area contributed by atoms with Gasteiger partial charge in [-0.05, 0) is 18.2 Å². The smallest absolute Gasteiger partial charge is 0.0934 e. The molecule has 0 radical (unpaired) electrons. The first-order valence-corrected chi connectivity index (χ1v) is 6.23. The molecule has 19 heavy (non-hydrogen) atoms. The van der Waals surface area contributed by atoms with Crippen LogP contribution in [-0.2, 0) is 13.6 Å². The van der Waals surface area contributed by atoms with Crippen molar-refractivity contribution in [1.82, 2.24) is 20.0 Å². The number of aromatic nitrogens is 4. The highest BCUT2D eigenvalue weighted by atomic mass is 35.5. The van der Waals surface area contributed by atoms with Crippen LogP contribution in [0, 0.1) is 0 Å². The molecule has 3 aromatic rings. The van der Waals surface area contributed by atoms with Gasteiger partial charge in [0.1, 0.15) is 0 Å². The van der Waals surface area contributed by atoms with Crippen LogP contribution in [0.15, 0.2) is 36.7 Å². The summed E-state index contributed by atoms with van der Waals surface area (Å²) in [6.45, 7) is 0.621. The molecule has 0 fully saturated rings. The van der Waals surface area contributed by atoms with E-state index in [1.807, 2.05) is 31.3 Å². The summed E-state index contributed by atoms with van der Waals surface area (Å²) in [4.78, 5) is 4.39. The molecule has 0 aliphatic carbocycles. The second-order valence-corrected chi connectivity index (χ2v) is 4.67. The van der Waals surface area contributed by atoms with Crippen molar-refractivity contribution >= 4 is 28.2 Å². The average Bonchev–Trinajstić information content (AvgIpc) is 2.81. The number of aryl methyl sites for hydroxylation is 1. The van der Waals surface area contributed by atoms with E-state index in [1.54, 1.807) is 17.1 Å². The van der Waals surface area contributed by atoms with Gasteiger partial charge < -0.3 is 5.32 Å². The van der Waals surface area contributed by atoms with E-state index in [-0.39, 0.29) is 0 Å². The lowest BCUT2D eigenvalue weighted by Crippen LogP contribution is -2.06. The van der Waals surface area contributed by atoms with E-state index < -0.39 is 0 Å². The van der Waals surface area contributed by atoms with Crippen molar-refractivity contribution in [2.75, 3.05) is 5.32 Å². The summed E-state index contributed by atoms with van der Waals surface area (Å²) >= 11 is 6.12. The summed E-state index contributed by atoms with van der Waals surface area (Å²) < 4.78 is 1.73. The van der Waals surface area contributed by atoms with Gasteiger partial charge in [0, 0.05) is 23.7 Å². The number of fused-ring (bicyclic) bond motifs is 1. The number of pyridine rings is 1. The second-order valence-electron chi connectivity index (χ2n) is 4.23. The van der Waals surface area contributed by atoms with Gasteiger partial charge in [-0.15, -0.1) is 5.10 Å². The first-order valence-electron chi connectivity index (χ1n) is 5.86. The highest BCUT2D eigenvalue weighted by Gasteiger charge is 2.05. The highest BCUT2D eigenvalue weighted by Crippen LogP contribution is 2.26. The van der Waals surface area contributed by atoms with Crippen molar-refractivity contribution in [2.45, 2.75) is 6.54 Å². The molecule has 2 heterocycles. The maximum atomic E-state index is 6.12. The second kappa shape index (κ2) is 4.85. The van der Waals surface area contributed by atoms with Gasteiger partial charge >= 0.3 is 0 Å². The van der Waals surface area contributed by atoms with E-state index in [4.69, 9.17) is 11.6 Å². The summed E-state index contributed by atoms with van der Waals surface area (Å²) in [5, 5.41) is 12.8. The third-order valence-electron chi connectivity index (χ3n) is 2.94. The summed E-state index contributed by atoms with van der Waals surface area (Å²) in [7, 11) is 1.86. The number of rotatable bonds is 3. The van der Waals surface area contributed by atoms with Crippen LogP contribution in [0.5, 0.6) is 0 Å². The van der Waals surface area contributed by atoms with Crippen molar-refractivity contribution in [3.63, 3.8) is 0 Å². The van der Waals surface area contributed by atoms with Gasteiger partial charge in [-0.2, -0.15) is 0 Å².